The van der Waals surface area contributed by atoms with Crippen molar-refractivity contribution in [2.45, 2.75) is 6.54 Å². The highest BCUT2D eigenvalue weighted by Crippen LogP contribution is 2.30. The average molecular weight is 397 g/mol. The van der Waals surface area contributed by atoms with Crippen molar-refractivity contribution < 1.29 is 13.6 Å². The normalized spacial score (nSPS) is 10.9. The summed E-state index contributed by atoms with van der Waals surface area (Å²) in [6, 6.07) is 14.3. The largest absolute Gasteiger partial charge is 0.322 e. The summed E-state index contributed by atoms with van der Waals surface area (Å²) in [7, 11) is 0. The van der Waals surface area contributed by atoms with Crippen LogP contribution in [0.5, 0.6) is 0 Å². The fraction of sp³-hybridized carbons (Fsp3) is 0.0500. The molecular formula is C20H13F2N3O2S. The number of aromatic nitrogens is 2. The van der Waals surface area contributed by atoms with E-state index >= 15 is 0 Å². The van der Waals surface area contributed by atoms with Crippen LogP contribution in [0.3, 0.4) is 0 Å². The Morgan fingerprint density at radius 1 is 1.11 bits per heavy atom. The zero-order valence-electron chi connectivity index (χ0n) is 14.4. The molecule has 28 heavy (non-hydrogen) atoms. The third kappa shape index (κ3) is 3.54. The predicted octanol–water partition coefficient (Wildman–Crippen LogP) is 4.04. The molecule has 1 amide bonds. The third-order valence-corrected chi connectivity index (χ3v) is 5.24. The number of amides is 1. The molecule has 4 aromatic rings. The van der Waals surface area contributed by atoms with E-state index in [0.717, 1.165) is 27.1 Å². The van der Waals surface area contributed by atoms with Crippen LogP contribution in [0.1, 0.15) is 0 Å². The monoisotopic (exact) mass is 397 g/mol. The van der Waals surface area contributed by atoms with Crippen LogP contribution in [0, 0.1) is 11.6 Å². The van der Waals surface area contributed by atoms with Gasteiger partial charge in [0.25, 0.3) is 5.56 Å². The zero-order valence-corrected chi connectivity index (χ0v) is 15.2. The first kappa shape index (κ1) is 18.0. The van der Waals surface area contributed by atoms with E-state index in [2.05, 4.69) is 10.3 Å². The zero-order chi connectivity index (χ0) is 19.7. The van der Waals surface area contributed by atoms with Crippen LogP contribution in [0.15, 0.2) is 65.7 Å². The van der Waals surface area contributed by atoms with Crippen LogP contribution in [0.4, 0.5) is 14.5 Å². The number of halogens is 2. The maximum absolute atomic E-state index is 13.7. The summed E-state index contributed by atoms with van der Waals surface area (Å²) in [6.07, 6.45) is 1.28. The Morgan fingerprint density at radius 3 is 2.64 bits per heavy atom. The second kappa shape index (κ2) is 7.32. The van der Waals surface area contributed by atoms with E-state index in [1.165, 1.54) is 17.7 Å². The maximum Gasteiger partial charge on any atom is 0.271 e. The quantitative estimate of drug-likeness (QED) is 0.565. The van der Waals surface area contributed by atoms with Crippen LogP contribution < -0.4 is 10.9 Å². The molecule has 0 aliphatic heterocycles. The Kier molecular flexibility index (Phi) is 4.70. The summed E-state index contributed by atoms with van der Waals surface area (Å²) in [6.45, 7) is -0.336. The first-order chi connectivity index (χ1) is 13.5. The number of hydrogen-bond acceptors (Lipinski definition) is 4. The van der Waals surface area contributed by atoms with Gasteiger partial charge in [0.2, 0.25) is 5.91 Å². The lowest BCUT2D eigenvalue weighted by molar-refractivity contribution is -0.116. The lowest BCUT2D eigenvalue weighted by Gasteiger charge is -2.08. The fourth-order valence-electron chi connectivity index (χ4n) is 2.74. The van der Waals surface area contributed by atoms with E-state index in [4.69, 9.17) is 0 Å². The number of carbonyl (C=O) groups is 1. The summed E-state index contributed by atoms with van der Waals surface area (Å²) in [5, 5.41) is 2.33. The predicted molar refractivity (Wildman–Crippen MR) is 104 cm³/mol. The fourth-order valence-corrected chi connectivity index (χ4v) is 3.80. The summed E-state index contributed by atoms with van der Waals surface area (Å²) in [5.41, 5.74) is 1.01. The minimum Gasteiger partial charge on any atom is -0.322 e. The number of nitrogens with one attached hydrogen (secondary N) is 1. The minimum absolute atomic E-state index is 0.157. The van der Waals surface area contributed by atoms with Crippen molar-refractivity contribution >= 4 is 33.1 Å². The number of hydrogen-bond donors (Lipinski definition) is 1. The summed E-state index contributed by atoms with van der Waals surface area (Å²) >= 11 is 1.30. The molecule has 0 spiro atoms. The first-order valence-electron chi connectivity index (χ1n) is 8.30. The molecule has 8 heteroatoms. The van der Waals surface area contributed by atoms with Gasteiger partial charge in [0, 0.05) is 10.9 Å². The van der Waals surface area contributed by atoms with Gasteiger partial charge in [-0.2, -0.15) is 0 Å². The van der Waals surface area contributed by atoms with Gasteiger partial charge in [-0.05, 0) is 23.8 Å². The van der Waals surface area contributed by atoms with Crippen molar-refractivity contribution in [2.24, 2.45) is 0 Å². The number of benzene rings is 2. The second-order valence-electron chi connectivity index (χ2n) is 6.04. The molecule has 0 unspecified atom stereocenters. The number of carbonyl (C=O) groups excluding carboxylic acids is 1. The van der Waals surface area contributed by atoms with Crippen molar-refractivity contribution in [3.63, 3.8) is 0 Å². The van der Waals surface area contributed by atoms with E-state index in [9.17, 15) is 18.4 Å². The van der Waals surface area contributed by atoms with E-state index in [1.54, 1.807) is 0 Å². The Labute approximate surface area is 161 Å². The van der Waals surface area contributed by atoms with Crippen LogP contribution in [0.2, 0.25) is 0 Å². The topological polar surface area (TPSA) is 64.0 Å². The molecule has 2 aromatic carbocycles. The van der Waals surface area contributed by atoms with Gasteiger partial charge in [0.15, 0.2) is 0 Å². The molecule has 2 aromatic heterocycles. The molecular weight excluding hydrogens is 384 g/mol. The maximum atomic E-state index is 13.7. The molecule has 0 saturated carbocycles. The van der Waals surface area contributed by atoms with Crippen LogP contribution >= 0.6 is 11.3 Å². The summed E-state index contributed by atoms with van der Waals surface area (Å²) < 4.78 is 28.2. The van der Waals surface area contributed by atoms with Gasteiger partial charge in [-0.25, -0.2) is 13.8 Å². The highest BCUT2D eigenvalue weighted by atomic mass is 32.1. The van der Waals surface area contributed by atoms with Crippen LogP contribution in [0.25, 0.3) is 20.7 Å². The standard InChI is InChI=1S/C20H13F2N3O2S/c21-13-6-7-15(14(22)8-13)24-18(26)10-25-11-23-16-9-17(28-19(16)20(25)27)12-4-2-1-3-5-12/h1-9,11H,10H2,(H,24,26). The van der Waals surface area contributed by atoms with Gasteiger partial charge in [0.1, 0.15) is 22.9 Å². The van der Waals surface area contributed by atoms with Gasteiger partial charge < -0.3 is 5.32 Å². The molecule has 0 atom stereocenters. The first-order valence-corrected chi connectivity index (χ1v) is 9.12. The van der Waals surface area contributed by atoms with Crippen LogP contribution in [-0.2, 0) is 11.3 Å². The van der Waals surface area contributed by atoms with Gasteiger partial charge in [-0.1, -0.05) is 30.3 Å². The Bertz CT molecular complexity index is 1240. The lowest BCUT2D eigenvalue weighted by Crippen LogP contribution is -2.27. The average Bonchev–Trinajstić information content (AvgIpc) is 3.12. The van der Waals surface area contributed by atoms with Gasteiger partial charge in [-0.15, -0.1) is 11.3 Å². The SMILES string of the molecule is O=C(Cn1cnc2cc(-c3ccccc3)sc2c1=O)Nc1ccc(F)cc1F. The highest BCUT2D eigenvalue weighted by molar-refractivity contribution is 7.22. The molecule has 0 saturated heterocycles. The number of rotatable bonds is 4. The van der Waals surface area contributed by atoms with Crippen molar-refractivity contribution in [3.05, 3.63) is 82.9 Å². The number of nitrogens with zero attached hydrogens (tertiary/aromatic N) is 2. The lowest BCUT2D eigenvalue weighted by atomic mass is 10.2. The van der Waals surface area contributed by atoms with Crippen molar-refractivity contribution in [1.29, 1.82) is 0 Å². The van der Waals surface area contributed by atoms with E-state index < -0.39 is 17.5 Å². The molecule has 4 rings (SSSR count). The Balaban J connectivity index is 1.59. The summed E-state index contributed by atoms with van der Waals surface area (Å²) in [4.78, 5) is 30.0. The Hall–Kier alpha value is -3.39. The number of thiophene rings is 1. The third-order valence-electron chi connectivity index (χ3n) is 4.08. The smallest absolute Gasteiger partial charge is 0.271 e. The molecule has 140 valence electrons. The van der Waals surface area contributed by atoms with E-state index in [1.807, 2.05) is 36.4 Å². The molecule has 0 aliphatic carbocycles. The van der Waals surface area contributed by atoms with Gasteiger partial charge in [0.05, 0.1) is 17.5 Å². The molecule has 0 fully saturated rings. The van der Waals surface area contributed by atoms with Crippen LogP contribution in [-0.4, -0.2) is 15.5 Å². The van der Waals surface area contributed by atoms with Crippen molar-refractivity contribution in [3.8, 4) is 10.4 Å². The second-order valence-corrected chi connectivity index (χ2v) is 7.09. The minimum atomic E-state index is -0.889. The van der Waals surface area contributed by atoms with Gasteiger partial charge in [-0.3, -0.25) is 14.2 Å². The molecule has 2 heterocycles. The molecule has 0 aliphatic rings. The Morgan fingerprint density at radius 2 is 1.89 bits per heavy atom. The number of fused-ring (bicyclic) bond motifs is 1. The summed E-state index contributed by atoms with van der Waals surface area (Å²) in [5.74, 6) is -2.25. The van der Waals surface area contributed by atoms with Crippen molar-refractivity contribution in [2.75, 3.05) is 5.32 Å². The van der Waals surface area contributed by atoms with E-state index in [0.29, 0.717) is 16.3 Å². The van der Waals surface area contributed by atoms with E-state index in [-0.39, 0.29) is 17.8 Å². The molecule has 1 N–H and O–H groups in total. The molecule has 0 bridgehead atoms. The molecule has 5 nitrogen and oxygen atoms in total. The molecule has 0 radical (unpaired) electrons. The van der Waals surface area contributed by atoms with Gasteiger partial charge >= 0.3 is 0 Å². The van der Waals surface area contributed by atoms with Crippen molar-refractivity contribution in [1.82, 2.24) is 9.55 Å². The number of anilines is 1. The highest BCUT2D eigenvalue weighted by Gasteiger charge is 2.13.